The third-order valence-electron chi connectivity index (χ3n) is 0.643. The average molecular weight is 148 g/mol. The molecule has 33 valence electrons. The monoisotopic (exact) mass is 149 g/mol. The van der Waals surface area contributed by atoms with Crippen molar-refractivity contribution in [3.05, 3.63) is 0 Å². The summed E-state index contributed by atoms with van der Waals surface area (Å²) in [6.45, 7) is 1.94. The Balaban J connectivity index is 2.45. The van der Waals surface area contributed by atoms with Gasteiger partial charge in [-0.3, -0.25) is 0 Å². The first-order chi connectivity index (χ1) is 2.89. The molecule has 0 aromatic rings. The van der Waals surface area contributed by atoms with Crippen LogP contribution in [0.3, 0.4) is 0 Å². The Morgan fingerprint density at radius 2 is 2.67 bits per heavy atom. The number of hydrogen-bond acceptors (Lipinski definition) is 2. The first-order valence-electron chi connectivity index (χ1n) is 1.85. The second-order valence-corrected chi connectivity index (χ2v) is 1.92. The molecule has 0 aromatic heterocycles. The van der Waals surface area contributed by atoms with E-state index in [1.165, 1.54) is 0 Å². The van der Waals surface area contributed by atoms with Gasteiger partial charge in [0.15, 0.2) is 0 Å². The molecule has 0 unspecified atom stereocenters. The summed E-state index contributed by atoms with van der Waals surface area (Å²) in [7, 11) is 0. The van der Waals surface area contributed by atoms with Gasteiger partial charge in [-0.1, -0.05) is 0 Å². The topological polar surface area (TPSA) is 24.4 Å². The van der Waals surface area contributed by atoms with Crippen LogP contribution in [-0.2, 0) is 0 Å². The van der Waals surface area contributed by atoms with Gasteiger partial charge in [0.2, 0.25) is 0 Å². The third-order valence-corrected chi connectivity index (χ3v) is 1.22. The van der Waals surface area contributed by atoms with Gasteiger partial charge in [-0.2, -0.15) is 0 Å². The summed E-state index contributed by atoms with van der Waals surface area (Å²) in [5, 5.41) is 3.01. The van der Waals surface area contributed by atoms with E-state index in [4.69, 9.17) is 0 Å². The average Bonchev–Trinajstić information content (AvgIpc) is 1.86. The van der Waals surface area contributed by atoms with Gasteiger partial charge in [-0.25, -0.2) is 0 Å². The zero-order valence-corrected chi connectivity index (χ0v) is 4.98. The number of rotatable bonds is 0. The van der Waals surface area contributed by atoms with Crippen LogP contribution in [0.2, 0.25) is 0 Å². The van der Waals surface area contributed by atoms with E-state index < -0.39 is 0 Å². The molecule has 1 rings (SSSR count). The van der Waals surface area contributed by atoms with Gasteiger partial charge in [0.05, 0.1) is 0 Å². The first kappa shape index (κ1) is 4.16. The van der Waals surface area contributed by atoms with E-state index in [0.29, 0.717) is 0 Å². The predicted molar refractivity (Wildman–Crippen MR) is 26.1 cm³/mol. The molecule has 2 nitrogen and oxygen atoms in total. The Kier molecular flexibility index (Phi) is 1.13. The SMILES string of the molecule is [Se]C1=NCCN1. The van der Waals surface area contributed by atoms with Gasteiger partial charge >= 0.3 is 44.1 Å². The fraction of sp³-hybridized carbons (Fsp3) is 0.667. The van der Waals surface area contributed by atoms with Gasteiger partial charge in [0, 0.05) is 0 Å². The molecule has 3 heteroatoms. The van der Waals surface area contributed by atoms with E-state index in [1.807, 2.05) is 0 Å². The number of nitrogens with one attached hydrogen (secondary N) is 1. The summed E-state index contributed by atoms with van der Waals surface area (Å²) >= 11 is 2.78. The van der Waals surface area contributed by atoms with Crippen molar-refractivity contribution < 1.29 is 0 Å². The van der Waals surface area contributed by atoms with E-state index in [2.05, 4.69) is 26.3 Å². The normalized spacial score (nSPS) is 19.7. The minimum atomic E-state index is 0.933. The second-order valence-electron chi connectivity index (χ2n) is 1.11. The molecule has 0 saturated heterocycles. The van der Waals surface area contributed by atoms with Crippen molar-refractivity contribution in [1.82, 2.24) is 5.32 Å². The molecule has 1 aliphatic heterocycles. The van der Waals surface area contributed by atoms with E-state index in [1.54, 1.807) is 0 Å². The molecule has 6 heavy (non-hydrogen) atoms. The first-order valence-corrected chi connectivity index (χ1v) is 2.70. The summed E-state index contributed by atoms with van der Waals surface area (Å²) in [5.74, 6) is 0. The van der Waals surface area contributed by atoms with E-state index in [-0.39, 0.29) is 0 Å². The van der Waals surface area contributed by atoms with Crippen molar-refractivity contribution >= 4 is 20.7 Å². The predicted octanol–water partition coefficient (Wildman–Crippen LogP) is -0.886. The summed E-state index contributed by atoms with van der Waals surface area (Å²) in [6.07, 6.45) is 0. The van der Waals surface area contributed by atoms with Crippen LogP contribution >= 0.6 is 0 Å². The number of aliphatic imine (C=N–C) groups is 1. The Bertz CT molecular complexity index is 78.9. The van der Waals surface area contributed by atoms with Gasteiger partial charge in [-0.05, 0) is 0 Å². The van der Waals surface area contributed by atoms with E-state index in [0.717, 1.165) is 17.8 Å². The molecule has 0 spiro atoms. The molecule has 1 aliphatic rings. The van der Waals surface area contributed by atoms with Crippen LogP contribution in [0.4, 0.5) is 0 Å². The van der Waals surface area contributed by atoms with E-state index in [9.17, 15) is 0 Å². The minimum absolute atomic E-state index is 0.933. The summed E-state index contributed by atoms with van der Waals surface area (Å²) in [4.78, 5) is 3.99. The molecule has 1 heterocycles. The number of amidine groups is 1. The van der Waals surface area contributed by atoms with Crippen LogP contribution in [0.25, 0.3) is 0 Å². The standard InChI is InChI=1S/C3H5N2Se/c6-3-4-1-2-5-3/h1-2H2,(H,4,5). The Labute approximate surface area is 44.8 Å². The van der Waals surface area contributed by atoms with Gasteiger partial charge < -0.3 is 0 Å². The Morgan fingerprint density at radius 3 is 2.83 bits per heavy atom. The summed E-state index contributed by atoms with van der Waals surface area (Å²) in [5.41, 5.74) is 0. The van der Waals surface area contributed by atoms with Gasteiger partial charge in [0.1, 0.15) is 0 Å². The van der Waals surface area contributed by atoms with Crippen molar-refractivity contribution in [1.29, 1.82) is 0 Å². The molecule has 0 aliphatic carbocycles. The van der Waals surface area contributed by atoms with Crippen LogP contribution in [0.15, 0.2) is 4.99 Å². The van der Waals surface area contributed by atoms with Crippen LogP contribution < -0.4 is 5.32 Å². The van der Waals surface area contributed by atoms with Crippen molar-refractivity contribution in [2.45, 2.75) is 0 Å². The number of hydrogen-bond donors (Lipinski definition) is 1. The molecule has 0 bridgehead atoms. The van der Waals surface area contributed by atoms with Crippen molar-refractivity contribution in [3.8, 4) is 0 Å². The van der Waals surface area contributed by atoms with Crippen molar-refractivity contribution in [2.75, 3.05) is 13.1 Å². The Morgan fingerprint density at radius 1 is 1.83 bits per heavy atom. The van der Waals surface area contributed by atoms with Crippen LogP contribution in [-0.4, -0.2) is 33.8 Å². The molecule has 1 N–H and O–H groups in total. The van der Waals surface area contributed by atoms with Crippen LogP contribution in [0.5, 0.6) is 0 Å². The van der Waals surface area contributed by atoms with Gasteiger partial charge in [-0.15, -0.1) is 0 Å². The van der Waals surface area contributed by atoms with Gasteiger partial charge in [0.25, 0.3) is 0 Å². The maximum absolute atomic E-state index is 3.99. The molecular formula is C3H5N2Se. The zero-order chi connectivity index (χ0) is 4.41. The second kappa shape index (κ2) is 1.63. The summed E-state index contributed by atoms with van der Waals surface area (Å²) < 4.78 is 0.954. The zero-order valence-electron chi connectivity index (χ0n) is 3.27. The maximum atomic E-state index is 3.99. The molecule has 0 aromatic carbocycles. The van der Waals surface area contributed by atoms with Crippen LogP contribution in [0.1, 0.15) is 0 Å². The molecule has 0 fully saturated rings. The Hall–Kier alpha value is -0.0105. The van der Waals surface area contributed by atoms with Crippen LogP contribution in [0, 0.1) is 0 Å². The van der Waals surface area contributed by atoms with Crippen molar-refractivity contribution in [2.24, 2.45) is 4.99 Å². The quantitative estimate of drug-likeness (QED) is 0.443. The van der Waals surface area contributed by atoms with Crippen molar-refractivity contribution in [3.63, 3.8) is 0 Å². The molecule has 0 atom stereocenters. The fourth-order valence-corrected chi connectivity index (χ4v) is 0.782. The fourth-order valence-electron chi connectivity index (χ4n) is 0.376. The molecule has 0 saturated carbocycles. The molecule has 0 amide bonds. The third kappa shape index (κ3) is 0.730. The van der Waals surface area contributed by atoms with E-state index >= 15 is 0 Å². The molecular weight excluding hydrogens is 143 g/mol. The molecule has 1 radical (unpaired) electrons. The number of nitrogens with zero attached hydrogens (tertiary/aromatic N) is 1. The summed E-state index contributed by atoms with van der Waals surface area (Å²) in [6, 6.07) is 0.